The molecule has 1 saturated heterocycles. The molecule has 0 aromatic heterocycles. The molecule has 134 valence electrons. The Balaban J connectivity index is 1.53. The maximum absolute atomic E-state index is 12.7. The van der Waals surface area contributed by atoms with Crippen LogP contribution in [0.5, 0.6) is 0 Å². The van der Waals surface area contributed by atoms with Gasteiger partial charge in [-0.05, 0) is 86.9 Å². The summed E-state index contributed by atoms with van der Waals surface area (Å²) in [5.74, 6) is 2.14. The molecule has 4 aliphatic carbocycles. The lowest BCUT2D eigenvalue weighted by molar-refractivity contribution is -0.183. The molecule has 0 aromatic rings. The zero-order chi connectivity index (χ0) is 16.8. The van der Waals surface area contributed by atoms with E-state index in [1.165, 1.54) is 51.4 Å². The van der Waals surface area contributed by atoms with Crippen molar-refractivity contribution >= 4 is 5.97 Å². The summed E-state index contributed by atoms with van der Waals surface area (Å²) in [6.07, 6.45) is 11.4. The highest BCUT2D eigenvalue weighted by atomic mass is 16.6. The van der Waals surface area contributed by atoms with Gasteiger partial charge in [0.15, 0.2) is 0 Å². The monoisotopic (exact) mass is 332 g/mol. The quantitative estimate of drug-likeness (QED) is 0.529. The molecule has 0 N–H and O–H groups in total. The van der Waals surface area contributed by atoms with Gasteiger partial charge < -0.3 is 9.47 Å². The van der Waals surface area contributed by atoms with E-state index in [4.69, 9.17) is 9.47 Å². The first-order valence-electron chi connectivity index (χ1n) is 10.1. The van der Waals surface area contributed by atoms with Crippen molar-refractivity contribution in [2.75, 3.05) is 13.7 Å². The molecule has 0 aromatic carbocycles. The first-order valence-corrected chi connectivity index (χ1v) is 10.1. The summed E-state index contributed by atoms with van der Waals surface area (Å²) in [4.78, 5) is 12.7. The minimum absolute atomic E-state index is 0.0384. The van der Waals surface area contributed by atoms with Gasteiger partial charge in [-0.1, -0.05) is 13.3 Å². The molecule has 5 fully saturated rings. The zero-order valence-corrected chi connectivity index (χ0v) is 15.5. The van der Waals surface area contributed by atoms with E-state index < -0.39 is 0 Å². The van der Waals surface area contributed by atoms with Gasteiger partial charge in [0.25, 0.3) is 0 Å². The third-order valence-corrected chi connectivity index (χ3v) is 9.46. The van der Waals surface area contributed by atoms with Crippen molar-refractivity contribution in [1.29, 1.82) is 0 Å². The summed E-state index contributed by atoms with van der Waals surface area (Å²) in [5.41, 5.74) is 0.828. The first kappa shape index (κ1) is 15.7. The van der Waals surface area contributed by atoms with Gasteiger partial charge in [0, 0.05) is 0 Å². The van der Waals surface area contributed by atoms with E-state index in [1.54, 1.807) is 7.11 Å². The van der Waals surface area contributed by atoms with Crippen molar-refractivity contribution in [3.05, 3.63) is 0 Å². The van der Waals surface area contributed by atoms with Crippen LogP contribution in [0.15, 0.2) is 0 Å². The van der Waals surface area contributed by atoms with Crippen LogP contribution in [0, 0.1) is 34.0 Å². The molecule has 3 heteroatoms. The van der Waals surface area contributed by atoms with Crippen LogP contribution in [-0.2, 0) is 14.3 Å². The third-order valence-electron chi connectivity index (χ3n) is 9.46. The molecular weight excluding hydrogens is 300 g/mol. The second-order valence-electron chi connectivity index (χ2n) is 10.3. The molecule has 4 saturated carbocycles. The highest BCUT2D eigenvalue weighted by molar-refractivity contribution is 5.77. The van der Waals surface area contributed by atoms with Crippen molar-refractivity contribution < 1.29 is 14.3 Å². The van der Waals surface area contributed by atoms with Gasteiger partial charge in [-0.2, -0.15) is 0 Å². The minimum atomic E-state index is -0.271. The predicted molar refractivity (Wildman–Crippen MR) is 91.4 cm³/mol. The number of hydrogen-bond acceptors (Lipinski definition) is 3. The summed E-state index contributed by atoms with van der Waals surface area (Å²) >= 11 is 0. The summed E-state index contributed by atoms with van der Waals surface area (Å²) in [7, 11) is 1.57. The van der Waals surface area contributed by atoms with E-state index in [-0.39, 0.29) is 17.0 Å². The fraction of sp³-hybridized carbons (Fsp3) is 0.952. The molecule has 0 radical (unpaired) electrons. The topological polar surface area (TPSA) is 38.8 Å². The fourth-order valence-corrected chi connectivity index (χ4v) is 8.51. The van der Waals surface area contributed by atoms with Gasteiger partial charge in [0.2, 0.25) is 0 Å². The van der Waals surface area contributed by atoms with Gasteiger partial charge in [0.05, 0.1) is 24.7 Å². The van der Waals surface area contributed by atoms with Crippen LogP contribution in [0.4, 0.5) is 0 Å². The Morgan fingerprint density at radius 2 is 1.88 bits per heavy atom. The normalized spacial score (nSPS) is 58.0. The lowest BCUT2D eigenvalue weighted by atomic mass is 9.41. The van der Waals surface area contributed by atoms with Crippen molar-refractivity contribution in [2.45, 2.75) is 77.2 Å². The smallest absolute Gasteiger partial charge is 0.311 e. The molecular formula is C21H32O3. The molecule has 1 aliphatic heterocycles. The molecule has 2 bridgehead atoms. The van der Waals surface area contributed by atoms with Gasteiger partial charge >= 0.3 is 5.97 Å². The molecule has 7 atom stereocenters. The summed E-state index contributed by atoms with van der Waals surface area (Å²) < 4.78 is 11.3. The summed E-state index contributed by atoms with van der Waals surface area (Å²) in [6, 6.07) is 0. The summed E-state index contributed by atoms with van der Waals surface area (Å²) in [6.45, 7) is 5.75. The zero-order valence-electron chi connectivity index (χ0n) is 15.5. The fourth-order valence-electron chi connectivity index (χ4n) is 8.51. The van der Waals surface area contributed by atoms with E-state index in [0.29, 0.717) is 16.7 Å². The van der Waals surface area contributed by atoms with Gasteiger partial charge in [-0.3, -0.25) is 4.79 Å². The van der Waals surface area contributed by atoms with Crippen LogP contribution in [0.2, 0.25) is 0 Å². The molecule has 1 heterocycles. The molecule has 0 amide bonds. The number of hydrogen-bond donors (Lipinski definition) is 0. The highest BCUT2D eigenvalue weighted by Crippen LogP contribution is 2.75. The lowest BCUT2D eigenvalue weighted by Gasteiger charge is -2.63. The van der Waals surface area contributed by atoms with Crippen LogP contribution in [0.25, 0.3) is 0 Å². The lowest BCUT2D eigenvalue weighted by Crippen LogP contribution is -2.58. The van der Waals surface area contributed by atoms with Crippen LogP contribution >= 0.6 is 0 Å². The Morgan fingerprint density at radius 1 is 1.08 bits per heavy atom. The van der Waals surface area contributed by atoms with E-state index >= 15 is 0 Å². The van der Waals surface area contributed by atoms with Crippen molar-refractivity contribution in [1.82, 2.24) is 0 Å². The number of epoxide rings is 1. The van der Waals surface area contributed by atoms with Crippen molar-refractivity contribution in [3.8, 4) is 0 Å². The number of esters is 1. The maximum Gasteiger partial charge on any atom is 0.311 e. The van der Waals surface area contributed by atoms with E-state index in [2.05, 4.69) is 13.8 Å². The summed E-state index contributed by atoms with van der Waals surface area (Å²) in [5, 5.41) is 0. The highest BCUT2D eigenvalue weighted by Gasteiger charge is 2.71. The SMILES string of the molecule is COC(=O)[C@]1(C)CCCC2(C)[C@@H]3CC[C@@H]4C[C@@]3(CC[C@@H]21)C[C@@]41CO1. The molecule has 3 nitrogen and oxygen atoms in total. The number of carbonyl (C=O) groups is 1. The van der Waals surface area contributed by atoms with Crippen molar-refractivity contribution in [3.63, 3.8) is 0 Å². The van der Waals surface area contributed by atoms with Gasteiger partial charge in [-0.15, -0.1) is 0 Å². The van der Waals surface area contributed by atoms with Crippen molar-refractivity contribution in [2.24, 2.45) is 34.0 Å². The number of methoxy groups -OCH3 is 1. The van der Waals surface area contributed by atoms with Crippen LogP contribution in [0.1, 0.15) is 71.6 Å². The number of fused-ring (bicyclic) bond motifs is 4. The Labute approximate surface area is 145 Å². The molecule has 24 heavy (non-hydrogen) atoms. The average molecular weight is 332 g/mol. The molecule has 2 spiro atoms. The standard InChI is InChI=1S/C21H32O3/c1-18-8-4-9-19(2,17(22)23-3)15(18)7-10-20-11-14(5-6-16(18)20)21(12-20)13-24-21/h14-16H,4-13H2,1-3H3/t14-,15+,16+,18?,19-,20+,21-/m1/s1. The van der Waals surface area contributed by atoms with E-state index in [9.17, 15) is 4.79 Å². The second-order valence-corrected chi connectivity index (χ2v) is 10.3. The van der Waals surface area contributed by atoms with Crippen LogP contribution < -0.4 is 0 Å². The first-order chi connectivity index (χ1) is 11.4. The average Bonchev–Trinajstić information content (AvgIpc) is 3.29. The molecule has 1 unspecified atom stereocenters. The number of rotatable bonds is 1. The third kappa shape index (κ3) is 1.70. The number of carbonyl (C=O) groups excluding carboxylic acids is 1. The molecule has 5 rings (SSSR count). The van der Waals surface area contributed by atoms with Crippen LogP contribution in [0.3, 0.4) is 0 Å². The largest absolute Gasteiger partial charge is 0.469 e. The Morgan fingerprint density at radius 3 is 2.58 bits per heavy atom. The Bertz CT molecular complexity index is 582. The van der Waals surface area contributed by atoms with Gasteiger partial charge in [-0.25, -0.2) is 0 Å². The van der Waals surface area contributed by atoms with E-state index in [0.717, 1.165) is 24.9 Å². The van der Waals surface area contributed by atoms with E-state index in [1.807, 2.05) is 0 Å². The minimum Gasteiger partial charge on any atom is -0.469 e. The Kier molecular flexibility index (Phi) is 2.99. The second kappa shape index (κ2) is 4.58. The molecule has 5 aliphatic rings. The number of ether oxygens (including phenoxy) is 2. The maximum atomic E-state index is 12.7. The van der Waals surface area contributed by atoms with Gasteiger partial charge in [0.1, 0.15) is 0 Å². The Hall–Kier alpha value is -0.570. The predicted octanol–water partition coefficient (Wildman–Crippen LogP) is 4.34. The van der Waals surface area contributed by atoms with Crippen LogP contribution in [-0.4, -0.2) is 25.3 Å².